The maximum Gasteiger partial charge on any atom is 0.257 e. The molecule has 1 amide bonds. The number of carbonyl (C=O) groups excluding carboxylic acids is 1. The van der Waals surface area contributed by atoms with Crippen LogP contribution in [0.25, 0.3) is 0 Å². The van der Waals surface area contributed by atoms with E-state index in [1.165, 1.54) is 0 Å². The van der Waals surface area contributed by atoms with E-state index in [2.05, 4.69) is 0 Å². The minimum atomic E-state index is -0.120. The summed E-state index contributed by atoms with van der Waals surface area (Å²) in [6.45, 7) is 1.61. The summed E-state index contributed by atoms with van der Waals surface area (Å²) < 4.78 is 11.4. The topological polar surface area (TPSA) is 64.8 Å². The maximum atomic E-state index is 13.3. The van der Waals surface area contributed by atoms with Crippen molar-refractivity contribution in [1.82, 2.24) is 4.90 Å². The Morgan fingerprint density at radius 2 is 1.55 bits per heavy atom. The van der Waals surface area contributed by atoms with Crippen LogP contribution in [-0.4, -0.2) is 31.0 Å². The summed E-state index contributed by atoms with van der Waals surface area (Å²) in [5.74, 6) is 1.18. The van der Waals surface area contributed by atoms with Crippen LogP contribution < -0.4 is 15.2 Å². The molecule has 3 aromatic carbocycles. The maximum absolute atomic E-state index is 13.3. The number of carbonyl (C=O) groups is 1. The highest BCUT2D eigenvalue weighted by molar-refractivity contribution is 5.97. The summed E-state index contributed by atoms with van der Waals surface area (Å²) in [5, 5.41) is 0. The van der Waals surface area contributed by atoms with Gasteiger partial charge >= 0.3 is 0 Å². The largest absolute Gasteiger partial charge is 0.496 e. The SMILES string of the molecule is COc1ccccc1CN(CCN)C(=O)c1ccccc1OCc1ccccc1. The van der Waals surface area contributed by atoms with Crippen molar-refractivity contribution in [3.63, 3.8) is 0 Å². The second kappa shape index (κ2) is 10.3. The molecule has 0 saturated carbocycles. The van der Waals surface area contributed by atoms with Gasteiger partial charge in [0.1, 0.15) is 18.1 Å². The normalized spacial score (nSPS) is 10.4. The molecule has 0 spiro atoms. The predicted octanol–water partition coefficient (Wildman–Crippen LogP) is 3.88. The Balaban J connectivity index is 1.81. The quantitative estimate of drug-likeness (QED) is 0.602. The molecule has 0 radical (unpaired) electrons. The molecule has 5 heteroatoms. The van der Waals surface area contributed by atoms with Crippen LogP contribution >= 0.6 is 0 Å². The third-order valence-corrected chi connectivity index (χ3v) is 4.59. The van der Waals surface area contributed by atoms with E-state index in [-0.39, 0.29) is 5.91 Å². The Morgan fingerprint density at radius 1 is 0.897 bits per heavy atom. The zero-order valence-corrected chi connectivity index (χ0v) is 16.6. The number of ether oxygens (including phenoxy) is 2. The standard InChI is InChI=1S/C24H26N2O3/c1-28-22-13-7-5-11-20(22)17-26(16-15-25)24(27)21-12-6-8-14-23(21)29-18-19-9-3-2-4-10-19/h2-14H,15-18,25H2,1H3. The summed E-state index contributed by atoms with van der Waals surface area (Å²) in [5.41, 5.74) is 8.28. The van der Waals surface area contributed by atoms with Crippen molar-refractivity contribution < 1.29 is 14.3 Å². The van der Waals surface area contributed by atoms with Crippen molar-refractivity contribution in [3.8, 4) is 11.5 Å². The zero-order valence-electron chi connectivity index (χ0n) is 16.6. The van der Waals surface area contributed by atoms with Crippen LogP contribution in [0.2, 0.25) is 0 Å². The molecule has 3 aromatic rings. The number of benzene rings is 3. The molecule has 150 valence electrons. The lowest BCUT2D eigenvalue weighted by molar-refractivity contribution is 0.0742. The molecular formula is C24H26N2O3. The Labute approximate surface area is 171 Å². The van der Waals surface area contributed by atoms with Gasteiger partial charge < -0.3 is 20.1 Å². The van der Waals surface area contributed by atoms with Crippen LogP contribution in [-0.2, 0) is 13.2 Å². The molecule has 0 atom stereocenters. The fourth-order valence-electron chi connectivity index (χ4n) is 3.12. The molecule has 0 aliphatic heterocycles. The Hall–Kier alpha value is -3.31. The first-order valence-corrected chi connectivity index (χ1v) is 9.60. The molecule has 0 aromatic heterocycles. The highest BCUT2D eigenvalue weighted by Crippen LogP contribution is 2.24. The lowest BCUT2D eigenvalue weighted by Crippen LogP contribution is -2.35. The number of methoxy groups -OCH3 is 1. The molecule has 0 saturated heterocycles. The van der Waals surface area contributed by atoms with Crippen molar-refractivity contribution in [2.45, 2.75) is 13.2 Å². The smallest absolute Gasteiger partial charge is 0.257 e. The minimum Gasteiger partial charge on any atom is -0.496 e. The van der Waals surface area contributed by atoms with Gasteiger partial charge in [0.2, 0.25) is 0 Å². The van der Waals surface area contributed by atoms with Gasteiger partial charge in [0.05, 0.1) is 12.7 Å². The van der Waals surface area contributed by atoms with E-state index in [1.54, 1.807) is 18.1 Å². The molecule has 3 rings (SSSR count). The van der Waals surface area contributed by atoms with Gasteiger partial charge in [-0.25, -0.2) is 0 Å². The van der Waals surface area contributed by atoms with E-state index in [9.17, 15) is 4.79 Å². The number of amides is 1. The molecular weight excluding hydrogens is 364 g/mol. The van der Waals surface area contributed by atoms with Crippen molar-refractivity contribution in [1.29, 1.82) is 0 Å². The molecule has 0 unspecified atom stereocenters. The van der Waals surface area contributed by atoms with Gasteiger partial charge in [-0.2, -0.15) is 0 Å². The van der Waals surface area contributed by atoms with Crippen molar-refractivity contribution in [2.75, 3.05) is 20.2 Å². The fourth-order valence-corrected chi connectivity index (χ4v) is 3.12. The van der Waals surface area contributed by atoms with Crippen LogP contribution in [0.5, 0.6) is 11.5 Å². The van der Waals surface area contributed by atoms with Gasteiger partial charge in [-0.1, -0.05) is 60.7 Å². The monoisotopic (exact) mass is 390 g/mol. The predicted molar refractivity (Wildman–Crippen MR) is 114 cm³/mol. The molecule has 29 heavy (non-hydrogen) atoms. The molecule has 2 N–H and O–H groups in total. The van der Waals surface area contributed by atoms with Crippen LogP contribution in [0, 0.1) is 0 Å². The average molecular weight is 390 g/mol. The second-order valence-electron chi connectivity index (χ2n) is 6.60. The number of rotatable bonds is 9. The number of para-hydroxylation sites is 2. The van der Waals surface area contributed by atoms with E-state index < -0.39 is 0 Å². The van der Waals surface area contributed by atoms with E-state index >= 15 is 0 Å². The highest BCUT2D eigenvalue weighted by atomic mass is 16.5. The molecule has 0 aliphatic carbocycles. The summed E-state index contributed by atoms with van der Waals surface area (Å²) in [6, 6.07) is 24.9. The number of nitrogens with two attached hydrogens (primary N) is 1. The van der Waals surface area contributed by atoms with Gasteiger partial charge in [0.25, 0.3) is 5.91 Å². The van der Waals surface area contributed by atoms with E-state index in [4.69, 9.17) is 15.2 Å². The third-order valence-electron chi connectivity index (χ3n) is 4.59. The van der Waals surface area contributed by atoms with Crippen LogP contribution in [0.15, 0.2) is 78.9 Å². The van der Waals surface area contributed by atoms with E-state index in [0.717, 1.165) is 16.9 Å². The Morgan fingerprint density at radius 3 is 2.28 bits per heavy atom. The molecule has 0 bridgehead atoms. The second-order valence-corrected chi connectivity index (χ2v) is 6.60. The van der Waals surface area contributed by atoms with Gasteiger partial charge in [-0.05, 0) is 23.8 Å². The lowest BCUT2D eigenvalue weighted by atomic mass is 10.1. The lowest BCUT2D eigenvalue weighted by Gasteiger charge is -2.24. The zero-order chi connectivity index (χ0) is 20.5. The first kappa shape index (κ1) is 20.4. The third kappa shape index (κ3) is 5.36. The first-order chi connectivity index (χ1) is 14.2. The van der Waals surface area contributed by atoms with Gasteiger partial charge in [0, 0.05) is 25.2 Å². The molecule has 0 fully saturated rings. The Bertz CT molecular complexity index is 928. The first-order valence-electron chi connectivity index (χ1n) is 9.60. The number of hydrogen-bond acceptors (Lipinski definition) is 4. The molecule has 0 heterocycles. The average Bonchev–Trinajstić information content (AvgIpc) is 2.78. The number of nitrogens with zero attached hydrogens (tertiary/aromatic N) is 1. The minimum absolute atomic E-state index is 0.120. The van der Waals surface area contributed by atoms with E-state index in [0.29, 0.717) is 37.6 Å². The summed E-state index contributed by atoms with van der Waals surface area (Å²) in [4.78, 5) is 15.0. The van der Waals surface area contributed by atoms with Crippen molar-refractivity contribution in [2.24, 2.45) is 5.73 Å². The Kier molecular flexibility index (Phi) is 7.25. The summed E-state index contributed by atoms with van der Waals surface area (Å²) in [7, 11) is 1.63. The van der Waals surface area contributed by atoms with Crippen LogP contribution in [0.1, 0.15) is 21.5 Å². The highest BCUT2D eigenvalue weighted by Gasteiger charge is 2.20. The van der Waals surface area contributed by atoms with Crippen LogP contribution in [0.3, 0.4) is 0 Å². The summed E-state index contributed by atoms with van der Waals surface area (Å²) >= 11 is 0. The van der Waals surface area contributed by atoms with Gasteiger partial charge in [-0.15, -0.1) is 0 Å². The summed E-state index contributed by atoms with van der Waals surface area (Å²) in [6.07, 6.45) is 0. The van der Waals surface area contributed by atoms with Gasteiger partial charge in [-0.3, -0.25) is 4.79 Å². The van der Waals surface area contributed by atoms with Crippen molar-refractivity contribution in [3.05, 3.63) is 95.6 Å². The molecule has 0 aliphatic rings. The van der Waals surface area contributed by atoms with Crippen molar-refractivity contribution >= 4 is 5.91 Å². The number of hydrogen-bond donors (Lipinski definition) is 1. The van der Waals surface area contributed by atoms with E-state index in [1.807, 2.05) is 72.8 Å². The van der Waals surface area contributed by atoms with Crippen LogP contribution in [0.4, 0.5) is 0 Å². The van der Waals surface area contributed by atoms with Gasteiger partial charge in [0.15, 0.2) is 0 Å². The fraction of sp³-hybridized carbons (Fsp3) is 0.208. The molecule has 5 nitrogen and oxygen atoms in total.